The minimum absolute atomic E-state index is 0.162. The van der Waals surface area contributed by atoms with Gasteiger partial charge < -0.3 is 21.0 Å². The zero-order valence-corrected chi connectivity index (χ0v) is 19.2. The van der Waals surface area contributed by atoms with Gasteiger partial charge in [-0.15, -0.1) is 23.1 Å². The van der Waals surface area contributed by atoms with E-state index in [2.05, 4.69) is 15.5 Å². The van der Waals surface area contributed by atoms with Crippen LogP contribution in [0.2, 0.25) is 0 Å². The smallest absolute Gasteiger partial charge is 0.352 e. The second-order valence-electron chi connectivity index (χ2n) is 7.09. The summed E-state index contributed by atoms with van der Waals surface area (Å²) in [6.45, 7) is 0. The first-order valence-electron chi connectivity index (χ1n) is 9.79. The molecule has 1 aromatic heterocycles. The first-order valence-corrected chi connectivity index (χ1v) is 11.7. The molecule has 176 valence electrons. The molecular weight excluding hydrogens is 485 g/mol. The van der Waals surface area contributed by atoms with Crippen molar-refractivity contribution < 1.29 is 28.7 Å². The van der Waals surface area contributed by atoms with Gasteiger partial charge in [0.25, 0.3) is 11.8 Å². The van der Waals surface area contributed by atoms with Crippen molar-refractivity contribution in [1.82, 2.24) is 15.2 Å². The van der Waals surface area contributed by atoms with Gasteiger partial charge >= 0.3 is 5.97 Å². The number of carboxylic acids is 1. The number of thiazole rings is 1. The number of nitrogens with zero attached hydrogens (tertiary/aromatic N) is 3. The van der Waals surface area contributed by atoms with Crippen LogP contribution in [-0.2, 0) is 19.2 Å². The lowest BCUT2D eigenvalue weighted by molar-refractivity contribution is -0.150. The fourth-order valence-corrected chi connectivity index (χ4v) is 5.34. The third-order valence-electron chi connectivity index (χ3n) is 5.02. The fourth-order valence-electron chi connectivity index (χ4n) is 3.47. The van der Waals surface area contributed by atoms with Gasteiger partial charge in [-0.1, -0.05) is 35.5 Å². The maximum absolute atomic E-state index is 13.9. The summed E-state index contributed by atoms with van der Waals surface area (Å²) in [5.74, 6) is -2.80. The molecule has 0 bridgehead atoms. The van der Waals surface area contributed by atoms with Crippen LogP contribution in [0.1, 0.15) is 11.3 Å². The van der Waals surface area contributed by atoms with E-state index >= 15 is 0 Å². The topological polar surface area (TPSA) is 147 Å². The number of aliphatic carboxylic acids is 1. The highest BCUT2D eigenvalue weighted by Gasteiger charge is 2.54. The Labute approximate surface area is 201 Å². The largest absolute Gasteiger partial charge is 0.477 e. The van der Waals surface area contributed by atoms with Crippen molar-refractivity contribution in [2.75, 3.05) is 18.6 Å². The van der Waals surface area contributed by atoms with Crippen LogP contribution >= 0.6 is 23.1 Å². The van der Waals surface area contributed by atoms with Gasteiger partial charge in [-0.2, -0.15) is 0 Å². The molecule has 2 aliphatic heterocycles. The van der Waals surface area contributed by atoms with Gasteiger partial charge in [0.1, 0.15) is 35.7 Å². The quantitative estimate of drug-likeness (QED) is 0.294. The van der Waals surface area contributed by atoms with Crippen molar-refractivity contribution in [3.8, 4) is 0 Å². The summed E-state index contributed by atoms with van der Waals surface area (Å²) in [6.07, 6.45) is 2.95. The number of carboxylic acid groups (broad SMARTS) is 1. The van der Waals surface area contributed by atoms with Crippen molar-refractivity contribution in [2.45, 2.75) is 11.4 Å². The lowest BCUT2D eigenvalue weighted by Gasteiger charge is -2.49. The van der Waals surface area contributed by atoms with Crippen LogP contribution in [0.4, 0.5) is 9.52 Å². The number of nitrogens with one attached hydrogen (secondary N) is 1. The lowest BCUT2D eigenvalue weighted by Crippen LogP contribution is -2.71. The number of benzene rings is 1. The molecule has 13 heteroatoms. The minimum Gasteiger partial charge on any atom is -0.477 e. The van der Waals surface area contributed by atoms with E-state index in [4.69, 9.17) is 10.6 Å². The molecule has 1 saturated heterocycles. The van der Waals surface area contributed by atoms with E-state index in [-0.39, 0.29) is 28.0 Å². The first-order chi connectivity index (χ1) is 16.3. The predicted molar refractivity (Wildman–Crippen MR) is 125 cm³/mol. The summed E-state index contributed by atoms with van der Waals surface area (Å²) in [7, 11) is 1.26. The SMILES string of the molecule is CO/N=C(/C(=O)NC1C(=O)N2C(C(=O)O)=C(/C=C/c3ccccc3F)CS[C@H]12)c1csc(N)n1. The van der Waals surface area contributed by atoms with Gasteiger partial charge in [0.05, 0.1) is 0 Å². The third-order valence-corrected chi connectivity index (χ3v) is 6.99. The van der Waals surface area contributed by atoms with Crippen molar-refractivity contribution in [2.24, 2.45) is 5.16 Å². The second-order valence-corrected chi connectivity index (χ2v) is 9.08. The zero-order valence-electron chi connectivity index (χ0n) is 17.6. The Morgan fingerprint density at radius 2 is 2.15 bits per heavy atom. The number of anilines is 1. The number of halogens is 1. The molecule has 4 rings (SSSR count). The van der Waals surface area contributed by atoms with E-state index in [0.717, 1.165) is 16.2 Å². The molecule has 1 fully saturated rings. The summed E-state index contributed by atoms with van der Waals surface area (Å²) in [5.41, 5.74) is 6.09. The van der Waals surface area contributed by atoms with Gasteiger partial charge in [-0.25, -0.2) is 14.2 Å². The third kappa shape index (κ3) is 4.39. The van der Waals surface area contributed by atoms with Crippen LogP contribution in [0.15, 0.2) is 52.1 Å². The molecule has 3 heterocycles. The summed E-state index contributed by atoms with van der Waals surface area (Å²) < 4.78 is 13.9. The van der Waals surface area contributed by atoms with Crippen LogP contribution < -0.4 is 11.1 Å². The molecule has 1 aromatic carbocycles. The van der Waals surface area contributed by atoms with Gasteiger partial charge in [-0.05, 0) is 11.6 Å². The first kappa shape index (κ1) is 23.4. The molecule has 2 aromatic rings. The average molecular weight is 504 g/mol. The van der Waals surface area contributed by atoms with Gasteiger partial charge in [0.2, 0.25) is 0 Å². The summed E-state index contributed by atoms with van der Waals surface area (Å²) in [4.78, 5) is 47.5. The summed E-state index contributed by atoms with van der Waals surface area (Å²) >= 11 is 2.39. The summed E-state index contributed by atoms with van der Waals surface area (Å²) in [6, 6.07) is 5.09. The molecule has 10 nitrogen and oxygen atoms in total. The van der Waals surface area contributed by atoms with Gasteiger partial charge in [0, 0.05) is 16.7 Å². The molecule has 0 aliphatic carbocycles. The van der Waals surface area contributed by atoms with Crippen molar-refractivity contribution in [3.05, 3.63) is 64.1 Å². The monoisotopic (exact) mass is 503 g/mol. The number of nitrogen functional groups attached to an aromatic ring is 1. The molecule has 0 radical (unpaired) electrons. The lowest BCUT2D eigenvalue weighted by atomic mass is 10.0. The molecule has 4 N–H and O–H groups in total. The number of carbonyl (C=O) groups excluding carboxylic acids is 2. The fraction of sp³-hybridized carbons (Fsp3) is 0.190. The number of hydrogen-bond donors (Lipinski definition) is 3. The van der Waals surface area contributed by atoms with Crippen LogP contribution in [-0.4, -0.2) is 62.8 Å². The Kier molecular flexibility index (Phi) is 6.65. The van der Waals surface area contributed by atoms with Crippen LogP contribution in [0, 0.1) is 5.82 Å². The normalized spacial score (nSPS) is 20.2. The number of fused-ring (bicyclic) bond motifs is 1. The number of hydrogen-bond acceptors (Lipinski definition) is 9. The molecule has 0 saturated carbocycles. The predicted octanol–water partition coefficient (Wildman–Crippen LogP) is 1.67. The van der Waals surface area contributed by atoms with E-state index in [1.165, 1.54) is 42.5 Å². The second kappa shape index (κ2) is 9.65. The number of rotatable bonds is 7. The van der Waals surface area contributed by atoms with Crippen LogP contribution in [0.5, 0.6) is 0 Å². The molecule has 2 amide bonds. The van der Waals surface area contributed by atoms with E-state index in [9.17, 15) is 23.9 Å². The highest BCUT2D eigenvalue weighted by Crippen LogP contribution is 2.40. The maximum atomic E-state index is 13.9. The molecule has 0 spiro atoms. The van der Waals surface area contributed by atoms with E-state index in [1.54, 1.807) is 18.2 Å². The Balaban J connectivity index is 1.54. The Bertz CT molecular complexity index is 1260. The molecule has 2 aliphatic rings. The Morgan fingerprint density at radius 1 is 1.38 bits per heavy atom. The van der Waals surface area contributed by atoms with Crippen LogP contribution in [0.3, 0.4) is 0 Å². The highest BCUT2D eigenvalue weighted by molar-refractivity contribution is 8.00. The summed E-state index contributed by atoms with van der Waals surface area (Å²) in [5, 5.41) is 17.2. The molecule has 34 heavy (non-hydrogen) atoms. The number of carbonyl (C=O) groups is 3. The molecular formula is C21H18FN5O5S2. The molecule has 1 unspecified atom stereocenters. The Hall–Kier alpha value is -3.71. The maximum Gasteiger partial charge on any atom is 0.352 e. The standard InChI is InChI=1S/C21H18FN5O5S2/c1-32-26-14(13-9-34-21(23)24-13)17(28)25-15-18(29)27-16(20(30)31)11(8-33-19(15)27)7-6-10-4-2-3-5-12(10)22/h2-7,9,15,19H,8H2,1H3,(H2,23,24)(H,25,28)(H,30,31)/b7-6+,26-14+/t15?,19-/m1/s1. The zero-order chi connectivity index (χ0) is 24.4. The van der Waals surface area contributed by atoms with Crippen molar-refractivity contribution >= 4 is 57.8 Å². The number of β-lactam (4-membered cyclic amide) rings is 1. The van der Waals surface area contributed by atoms with Crippen molar-refractivity contribution in [3.63, 3.8) is 0 Å². The minimum atomic E-state index is -1.30. The number of oxime groups is 1. The average Bonchev–Trinajstić information content (AvgIpc) is 3.25. The van der Waals surface area contributed by atoms with E-state index < -0.39 is 35.0 Å². The number of amides is 2. The van der Waals surface area contributed by atoms with Crippen molar-refractivity contribution in [1.29, 1.82) is 0 Å². The molecule has 2 atom stereocenters. The number of nitrogens with two attached hydrogens (primary N) is 1. The highest BCUT2D eigenvalue weighted by atomic mass is 32.2. The van der Waals surface area contributed by atoms with Gasteiger partial charge in [-0.3, -0.25) is 14.5 Å². The van der Waals surface area contributed by atoms with E-state index in [1.807, 2.05) is 0 Å². The number of allylic oxidation sites excluding steroid dienone is 1. The Morgan fingerprint density at radius 3 is 2.79 bits per heavy atom. The van der Waals surface area contributed by atoms with E-state index in [0.29, 0.717) is 11.1 Å². The van der Waals surface area contributed by atoms with Gasteiger partial charge in [0.15, 0.2) is 10.8 Å². The van der Waals surface area contributed by atoms with Crippen LogP contribution in [0.25, 0.3) is 6.08 Å². The number of aromatic nitrogens is 1. The number of thioether (sulfide) groups is 1.